The first-order valence-electron chi connectivity index (χ1n) is 2.28. The standard InChI is InChI=1S/C3H5O6P/c4-10(5,6)9-3-1-7-2-8-3/h1H,2H2,(H2,4,5,6). The third kappa shape index (κ3) is 2.26. The van der Waals surface area contributed by atoms with Gasteiger partial charge >= 0.3 is 13.8 Å². The molecule has 7 heteroatoms. The van der Waals surface area contributed by atoms with Crippen molar-refractivity contribution in [1.82, 2.24) is 0 Å². The Bertz CT molecular complexity index is 191. The Balaban J connectivity index is 2.46. The third-order valence-corrected chi connectivity index (χ3v) is 1.08. The smallest absolute Gasteiger partial charge is 0.458 e. The molecular formula is C3H5O6P. The van der Waals surface area contributed by atoms with E-state index in [2.05, 4.69) is 14.0 Å². The van der Waals surface area contributed by atoms with E-state index in [1.807, 2.05) is 0 Å². The van der Waals surface area contributed by atoms with Gasteiger partial charge in [-0.3, -0.25) is 9.79 Å². The van der Waals surface area contributed by atoms with Crippen molar-refractivity contribution in [3.8, 4) is 0 Å². The van der Waals surface area contributed by atoms with Gasteiger partial charge in [0, 0.05) is 0 Å². The fourth-order valence-electron chi connectivity index (χ4n) is 0.393. The maximum absolute atomic E-state index is 10.1. The van der Waals surface area contributed by atoms with E-state index in [4.69, 9.17) is 9.79 Å². The largest absolute Gasteiger partial charge is 0.527 e. The van der Waals surface area contributed by atoms with Gasteiger partial charge in [0.1, 0.15) is 0 Å². The minimum atomic E-state index is -4.49. The van der Waals surface area contributed by atoms with Gasteiger partial charge in [-0.15, -0.1) is 0 Å². The second-order valence-electron chi connectivity index (χ2n) is 1.45. The van der Waals surface area contributed by atoms with Crippen molar-refractivity contribution >= 4 is 7.82 Å². The molecule has 58 valence electrons. The predicted molar refractivity (Wildman–Crippen MR) is 28.2 cm³/mol. The average Bonchev–Trinajstić information content (AvgIpc) is 2.12. The molecule has 1 aliphatic heterocycles. The van der Waals surface area contributed by atoms with Crippen LogP contribution < -0.4 is 0 Å². The van der Waals surface area contributed by atoms with Gasteiger partial charge in [0.15, 0.2) is 6.26 Å². The molecule has 1 rings (SSSR count). The molecule has 2 N–H and O–H groups in total. The summed E-state index contributed by atoms with van der Waals surface area (Å²) in [5.41, 5.74) is 0. The minimum Gasteiger partial charge on any atom is -0.458 e. The quantitative estimate of drug-likeness (QED) is 0.560. The molecule has 10 heavy (non-hydrogen) atoms. The molecule has 0 aromatic carbocycles. The summed E-state index contributed by atoms with van der Waals surface area (Å²) < 4.78 is 23.0. The van der Waals surface area contributed by atoms with Crippen LogP contribution in [0.25, 0.3) is 0 Å². The third-order valence-electron chi connectivity index (χ3n) is 0.658. The molecule has 0 bridgehead atoms. The molecule has 1 heterocycles. The van der Waals surface area contributed by atoms with Gasteiger partial charge in [0.25, 0.3) is 0 Å². The van der Waals surface area contributed by atoms with Gasteiger partial charge in [-0.25, -0.2) is 4.57 Å². The Labute approximate surface area is 56.3 Å². The van der Waals surface area contributed by atoms with Gasteiger partial charge < -0.3 is 14.0 Å². The number of ether oxygens (including phenoxy) is 2. The normalized spacial score (nSPS) is 17.2. The number of hydrogen-bond acceptors (Lipinski definition) is 4. The first-order chi connectivity index (χ1) is 4.58. The lowest BCUT2D eigenvalue weighted by Crippen LogP contribution is -1.90. The molecule has 0 spiro atoms. The van der Waals surface area contributed by atoms with E-state index < -0.39 is 7.82 Å². The predicted octanol–water partition coefficient (Wildman–Crippen LogP) is -0.101. The molecule has 0 aromatic heterocycles. The van der Waals surface area contributed by atoms with Crippen LogP contribution >= 0.6 is 7.82 Å². The maximum Gasteiger partial charge on any atom is 0.527 e. The molecule has 0 saturated carbocycles. The molecule has 0 saturated heterocycles. The van der Waals surface area contributed by atoms with Crippen molar-refractivity contribution in [2.45, 2.75) is 0 Å². The van der Waals surface area contributed by atoms with E-state index in [0.29, 0.717) is 0 Å². The zero-order valence-corrected chi connectivity index (χ0v) is 5.65. The van der Waals surface area contributed by atoms with Crippen molar-refractivity contribution in [3.63, 3.8) is 0 Å². The fraction of sp³-hybridized carbons (Fsp3) is 0.333. The van der Waals surface area contributed by atoms with Crippen LogP contribution in [0.4, 0.5) is 0 Å². The number of rotatable bonds is 2. The first-order valence-corrected chi connectivity index (χ1v) is 3.81. The van der Waals surface area contributed by atoms with E-state index in [1.165, 1.54) is 0 Å². The molecule has 0 aliphatic carbocycles. The van der Waals surface area contributed by atoms with E-state index in [-0.39, 0.29) is 12.7 Å². The summed E-state index contributed by atoms with van der Waals surface area (Å²) in [7, 11) is -4.49. The summed E-state index contributed by atoms with van der Waals surface area (Å²) >= 11 is 0. The summed E-state index contributed by atoms with van der Waals surface area (Å²) in [4.78, 5) is 16.4. The Morgan fingerprint density at radius 3 is 2.80 bits per heavy atom. The van der Waals surface area contributed by atoms with Crippen LogP contribution in [-0.2, 0) is 18.6 Å². The number of phosphoric acid groups is 1. The Morgan fingerprint density at radius 2 is 2.40 bits per heavy atom. The highest BCUT2D eigenvalue weighted by molar-refractivity contribution is 7.46. The molecule has 0 aromatic rings. The van der Waals surface area contributed by atoms with Gasteiger partial charge in [0.05, 0.1) is 0 Å². The zero-order valence-electron chi connectivity index (χ0n) is 4.76. The van der Waals surface area contributed by atoms with Crippen molar-refractivity contribution in [1.29, 1.82) is 0 Å². The minimum absolute atomic E-state index is 0.0741. The molecule has 6 nitrogen and oxygen atoms in total. The molecule has 0 atom stereocenters. The van der Waals surface area contributed by atoms with Gasteiger partial charge in [-0.1, -0.05) is 0 Å². The SMILES string of the molecule is O=P(O)(O)OC1=COCO1. The highest BCUT2D eigenvalue weighted by Gasteiger charge is 2.21. The number of hydrogen-bond donors (Lipinski definition) is 2. The maximum atomic E-state index is 10.1. The molecule has 0 radical (unpaired) electrons. The Morgan fingerprint density at radius 1 is 1.70 bits per heavy atom. The highest BCUT2D eigenvalue weighted by atomic mass is 31.2. The first kappa shape index (κ1) is 7.40. The van der Waals surface area contributed by atoms with Crippen molar-refractivity contribution < 1.29 is 28.3 Å². The summed E-state index contributed by atoms with van der Waals surface area (Å²) in [5, 5.41) is 0. The highest BCUT2D eigenvalue weighted by Crippen LogP contribution is 2.39. The monoisotopic (exact) mass is 168 g/mol. The van der Waals surface area contributed by atoms with Crippen LogP contribution in [0.5, 0.6) is 0 Å². The van der Waals surface area contributed by atoms with E-state index in [1.54, 1.807) is 0 Å². The Hall–Kier alpha value is -0.710. The lowest BCUT2D eigenvalue weighted by molar-refractivity contribution is 0.0360. The summed E-state index contributed by atoms with van der Waals surface area (Å²) in [6, 6.07) is 0. The van der Waals surface area contributed by atoms with Gasteiger partial charge in [0.2, 0.25) is 6.79 Å². The van der Waals surface area contributed by atoms with E-state index in [9.17, 15) is 4.57 Å². The second-order valence-corrected chi connectivity index (χ2v) is 2.61. The average molecular weight is 168 g/mol. The van der Waals surface area contributed by atoms with Crippen molar-refractivity contribution in [2.24, 2.45) is 0 Å². The zero-order chi connectivity index (χ0) is 7.61. The molecular weight excluding hydrogens is 163 g/mol. The van der Waals surface area contributed by atoms with Crippen LogP contribution in [-0.4, -0.2) is 16.6 Å². The molecule has 1 aliphatic rings. The van der Waals surface area contributed by atoms with Crippen molar-refractivity contribution in [2.75, 3.05) is 6.79 Å². The van der Waals surface area contributed by atoms with Crippen LogP contribution in [0.3, 0.4) is 0 Å². The molecule has 0 amide bonds. The van der Waals surface area contributed by atoms with E-state index >= 15 is 0 Å². The summed E-state index contributed by atoms with van der Waals surface area (Å²) in [6.45, 7) is -0.0741. The molecule has 0 unspecified atom stereocenters. The fourth-order valence-corrected chi connectivity index (χ4v) is 0.723. The molecule has 0 fully saturated rings. The topological polar surface area (TPSA) is 85.2 Å². The van der Waals surface area contributed by atoms with Gasteiger partial charge in [-0.05, 0) is 0 Å². The van der Waals surface area contributed by atoms with Crippen molar-refractivity contribution in [3.05, 3.63) is 12.2 Å². The Kier molecular flexibility index (Phi) is 1.85. The van der Waals surface area contributed by atoms with Gasteiger partial charge in [-0.2, -0.15) is 0 Å². The van der Waals surface area contributed by atoms with Crippen LogP contribution in [0.15, 0.2) is 12.2 Å². The number of phosphoric ester groups is 1. The lowest BCUT2D eigenvalue weighted by Gasteiger charge is -2.03. The van der Waals surface area contributed by atoms with Crippen LogP contribution in [0.2, 0.25) is 0 Å². The lowest BCUT2D eigenvalue weighted by atomic mass is 11.0. The summed E-state index contributed by atoms with van der Waals surface area (Å²) in [5.74, 6) is -0.298. The second kappa shape index (κ2) is 2.49. The van der Waals surface area contributed by atoms with Crippen LogP contribution in [0.1, 0.15) is 0 Å². The van der Waals surface area contributed by atoms with E-state index in [0.717, 1.165) is 6.26 Å². The van der Waals surface area contributed by atoms with Crippen LogP contribution in [0, 0.1) is 0 Å². The summed E-state index contributed by atoms with van der Waals surface area (Å²) in [6.07, 6.45) is 0.985.